The van der Waals surface area contributed by atoms with E-state index in [4.69, 9.17) is 9.73 Å². The van der Waals surface area contributed by atoms with E-state index in [9.17, 15) is 10.1 Å². The van der Waals surface area contributed by atoms with Gasteiger partial charge in [0.2, 0.25) is 0 Å². The van der Waals surface area contributed by atoms with Crippen molar-refractivity contribution in [2.45, 2.75) is 13.0 Å². The summed E-state index contributed by atoms with van der Waals surface area (Å²) < 4.78 is 5.51. The summed E-state index contributed by atoms with van der Waals surface area (Å²) in [7, 11) is 0. The fourth-order valence-corrected chi connectivity index (χ4v) is 4.29. The quantitative estimate of drug-likeness (QED) is 0.1000. The Bertz CT molecular complexity index is 846. The molecule has 1 fully saturated rings. The fraction of sp³-hybridized carbons (Fsp3) is 0.476. The predicted octanol–water partition coefficient (Wildman–Crippen LogP) is 3.31. The monoisotopic (exact) mass is 574 g/mol. The smallest absolute Gasteiger partial charge is 0.292 e. The molecule has 0 aliphatic carbocycles. The van der Waals surface area contributed by atoms with Gasteiger partial charge in [0, 0.05) is 43.7 Å². The summed E-state index contributed by atoms with van der Waals surface area (Å²) in [5, 5.41) is 22.9. The summed E-state index contributed by atoms with van der Waals surface area (Å²) in [4.78, 5) is 19.3. The first-order valence-electron chi connectivity index (χ1n) is 10.5. The number of aliphatic imine (C=N–C) groups is 1. The van der Waals surface area contributed by atoms with Crippen molar-refractivity contribution in [1.82, 2.24) is 15.5 Å². The number of halogens is 1. The molecule has 1 aromatic carbocycles. The molecule has 1 unspecified atom stereocenters. The number of hydrogen-bond donors (Lipinski definition) is 3. The zero-order valence-corrected chi connectivity index (χ0v) is 21.3. The van der Waals surface area contributed by atoms with Gasteiger partial charge >= 0.3 is 0 Å². The van der Waals surface area contributed by atoms with Crippen LogP contribution >= 0.6 is 35.3 Å². The van der Waals surface area contributed by atoms with Crippen LogP contribution in [-0.2, 0) is 4.74 Å². The molecule has 1 saturated heterocycles. The first-order chi connectivity index (χ1) is 15.2. The molecule has 1 aliphatic heterocycles. The molecule has 11 heteroatoms. The van der Waals surface area contributed by atoms with Gasteiger partial charge in [-0.25, -0.2) is 0 Å². The summed E-state index contributed by atoms with van der Waals surface area (Å²) in [6.45, 7) is 7.86. The number of hydrogen-bond acceptors (Lipinski definition) is 7. The Hall–Kier alpha value is -1.96. The zero-order valence-electron chi connectivity index (χ0n) is 18.2. The van der Waals surface area contributed by atoms with Crippen LogP contribution < -0.4 is 16.0 Å². The van der Waals surface area contributed by atoms with Crippen LogP contribution in [0.25, 0.3) is 0 Å². The van der Waals surface area contributed by atoms with E-state index in [-0.39, 0.29) is 40.6 Å². The Balaban J connectivity index is 0.00000363. The van der Waals surface area contributed by atoms with Crippen LogP contribution in [0.15, 0.2) is 46.8 Å². The number of rotatable bonds is 10. The van der Waals surface area contributed by atoms with Crippen molar-refractivity contribution < 1.29 is 9.66 Å². The van der Waals surface area contributed by atoms with E-state index in [1.165, 1.54) is 10.9 Å². The minimum atomic E-state index is -0.377. The van der Waals surface area contributed by atoms with Crippen molar-refractivity contribution in [1.29, 1.82) is 0 Å². The number of ether oxygens (including phenoxy) is 1. The van der Waals surface area contributed by atoms with Gasteiger partial charge in [0.25, 0.3) is 5.69 Å². The van der Waals surface area contributed by atoms with E-state index < -0.39 is 0 Å². The van der Waals surface area contributed by atoms with E-state index >= 15 is 0 Å². The standard InChI is InChI=1S/C21H30N6O3S.HI/c1-2-22-21(24-10-9-23-17-6-3-4-7-18(17)27(28)29)25-16-19(20-8-5-15-31-20)26-11-13-30-14-12-26;/h3-8,15,19,23H,2,9-14,16H2,1H3,(H2,22,24,25);1H. The molecule has 2 aromatic rings. The lowest BCUT2D eigenvalue weighted by Crippen LogP contribution is -2.42. The SMILES string of the molecule is CCNC(=NCC(c1cccs1)N1CCOCC1)NCCNc1ccccc1[N+](=O)[O-].I. The largest absolute Gasteiger partial charge is 0.379 e. The molecule has 176 valence electrons. The number of nitro groups is 1. The molecular formula is C21H31IN6O3S. The molecule has 0 amide bonds. The van der Waals surface area contributed by atoms with Crippen molar-refractivity contribution >= 4 is 52.6 Å². The van der Waals surface area contributed by atoms with Crippen LogP contribution in [0.2, 0.25) is 0 Å². The van der Waals surface area contributed by atoms with Crippen molar-refractivity contribution in [3.63, 3.8) is 0 Å². The van der Waals surface area contributed by atoms with Crippen molar-refractivity contribution in [2.24, 2.45) is 4.99 Å². The molecule has 9 nitrogen and oxygen atoms in total. The van der Waals surface area contributed by atoms with Gasteiger partial charge in [-0.2, -0.15) is 0 Å². The summed E-state index contributed by atoms with van der Waals surface area (Å²) >= 11 is 1.75. The number of anilines is 1. The predicted molar refractivity (Wildman–Crippen MR) is 140 cm³/mol. The lowest BCUT2D eigenvalue weighted by Gasteiger charge is -2.33. The molecule has 32 heavy (non-hydrogen) atoms. The number of para-hydroxylation sites is 2. The van der Waals surface area contributed by atoms with Gasteiger partial charge in [-0.1, -0.05) is 18.2 Å². The summed E-state index contributed by atoms with van der Waals surface area (Å²) in [6, 6.07) is 11.1. The number of morpholine rings is 1. The number of guanidine groups is 1. The third kappa shape index (κ3) is 7.87. The topological polar surface area (TPSA) is 104 Å². The molecule has 2 heterocycles. The molecule has 0 saturated carbocycles. The molecule has 0 radical (unpaired) electrons. The third-order valence-electron chi connectivity index (χ3n) is 4.96. The van der Waals surface area contributed by atoms with Crippen molar-refractivity contribution in [3.8, 4) is 0 Å². The maximum absolute atomic E-state index is 11.1. The van der Waals surface area contributed by atoms with Crippen LogP contribution in [0.3, 0.4) is 0 Å². The van der Waals surface area contributed by atoms with Gasteiger partial charge in [0.05, 0.1) is 30.7 Å². The Morgan fingerprint density at radius 2 is 2.00 bits per heavy atom. The Morgan fingerprint density at radius 1 is 1.22 bits per heavy atom. The van der Waals surface area contributed by atoms with Crippen molar-refractivity contribution in [2.75, 3.05) is 57.8 Å². The average Bonchev–Trinajstić information content (AvgIpc) is 3.32. The van der Waals surface area contributed by atoms with Crippen LogP contribution in [0.5, 0.6) is 0 Å². The van der Waals surface area contributed by atoms with Gasteiger partial charge in [-0.15, -0.1) is 35.3 Å². The Kier molecular flexibility index (Phi) is 11.7. The second-order valence-electron chi connectivity index (χ2n) is 7.03. The lowest BCUT2D eigenvalue weighted by molar-refractivity contribution is -0.384. The number of benzene rings is 1. The normalized spacial score (nSPS) is 15.5. The van der Waals surface area contributed by atoms with Gasteiger partial charge < -0.3 is 20.7 Å². The minimum absolute atomic E-state index is 0. The highest BCUT2D eigenvalue weighted by Crippen LogP contribution is 2.26. The van der Waals surface area contributed by atoms with Gasteiger partial charge in [-0.3, -0.25) is 20.0 Å². The Labute approximate surface area is 209 Å². The zero-order chi connectivity index (χ0) is 21.9. The number of nitro benzene ring substituents is 1. The number of thiophene rings is 1. The van der Waals surface area contributed by atoms with E-state index in [1.54, 1.807) is 29.5 Å². The highest BCUT2D eigenvalue weighted by atomic mass is 127. The second kappa shape index (κ2) is 14.2. The fourth-order valence-electron chi connectivity index (χ4n) is 3.44. The molecule has 1 aliphatic rings. The van der Waals surface area contributed by atoms with E-state index in [0.29, 0.717) is 25.3 Å². The molecule has 0 spiro atoms. The number of nitrogens with one attached hydrogen (secondary N) is 3. The van der Waals surface area contributed by atoms with Crippen LogP contribution in [0.1, 0.15) is 17.8 Å². The van der Waals surface area contributed by atoms with Gasteiger partial charge in [-0.05, 0) is 24.4 Å². The highest BCUT2D eigenvalue weighted by Gasteiger charge is 2.23. The molecule has 1 aromatic heterocycles. The van der Waals surface area contributed by atoms with Gasteiger partial charge in [0.1, 0.15) is 5.69 Å². The van der Waals surface area contributed by atoms with E-state index in [1.807, 2.05) is 6.92 Å². The summed E-state index contributed by atoms with van der Waals surface area (Å²) in [5.74, 6) is 0.738. The van der Waals surface area contributed by atoms with Crippen LogP contribution in [0.4, 0.5) is 11.4 Å². The van der Waals surface area contributed by atoms with Crippen LogP contribution in [-0.4, -0.2) is 68.3 Å². The average molecular weight is 574 g/mol. The van der Waals surface area contributed by atoms with E-state index in [0.717, 1.165) is 38.8 Å². The molecule has 0 bridgehead atoms. The summed E-state index contributed by atoms with van der Waals surface area (Å²) in [5.41, 5.74) is 0.591. The van der Waals surface area contributed by atoms with Gasteiger partial charge in [0.15, 0.2) is 5.96 Å². The summed E-state index contributed by atoms with van der Waals surface area (Å²) in [6.07, 6.45) is 0. The number of nitrogens with zero attached hydrogens (tertiary/aromatic N) is 3. The maximum atomic E-state index is 11.1. The van der Waals surface area contributed by atoms with E-state index in [2.05, 4.69) is 38.4 Å². The lowest BCUT2D eigenvalue weighted by atomic mass is 10.2. The Morgan fingerprint density at radius 3 is 2.69 bits per heavy atom. The first kappa shape index (κ1) is 26.3. The molecule has 3 N–H and O–H groups in total. The molecule has 3 rings (SSSR count). The second-order valence-corrected chi connectivity index (χ2v) is 8.01. The molecule has 1 atom stereocenters. The third-order valence-corrected chi connectivity index (χ3v) is 5.93. The van der Waals surface area contributed by atoms with Crippen LogP contribution in [0, 0.1) is 10.1 Å². The maximum Gasteiger partial charge on any atom is 0.292 e. The minimum Gasteiger partial charge on any atom is -0.379 e. The molecular weight excluding hydrogens is 543 g/mol. The van der Waals surface area contributed by atoms with Crippen molar-refractivity contribution in [3.05, 3.63) is 56.8 Å². The highest BCUT2D eigenvalue weighted by molar-refractivity contribution is 14.0. The first-order valence-corrected chi connectivity index (χ1v) is 11.4.